The zero-order valence-corrected chi connectivity index (χ0v) is 11.3. The van der Waals surface area contributed by atoms with E-state index in [1.54, 1.807) is 0 Å². The van der Waals surface area contributed by atoms with Gasteiger partial charge >= 0.3 is 0 Å². The Morgan fingerprint density at radius 1 is 1.18 bits per heavy atom. The second-order valence-electron chi connectivity index (χ2n) is 6.51. The molecule has 1 saturated carbocycles. The molecule has 1 aliphatic carbocycles. The van der Waals surface area contributed by atoms with Crippen molar-refractivity contribution in [2.24, 2.45) is 17.3 Å². The second-order valence-corrected chi connectivity index (χ2v) is 6.51. The highest BCUT2D eigenvalue weighted by atomic mass is 35.5. The van der Waals surface area contributed by atoms with Crippen molar-refractivity contribution in [1.82, 2.24) is 5.32 Å². The minimum Gasteiger partial charge on any atom is -0.311 e. The van der Waals surface area contributed by atoms with Crippen LogP contribution in [0.3, 0.4) is 0 Å². The van der Waals surface area contributed by atoms with E-state index in [0.29, 0.717) is 37.3 Å². The molecule has 1 spiro atoms. The van der Waals surface area contributed by atoms with Gasteiger partial charge in [0.1, 0.15) is 0 Å². The van der Waals surface area contributed by atoms with Gasteiger partial charge in [0.05, 0.1) is 0 Å². The topological polar surface area (TPSA) is 12.0 Å². The summed E-state index contributed by atoms with van der Waals surface area (Å²) in [6.45, 7) is 4.11. The maximum atomic E-state index is 14.0. The normalized spacial score (nSPS) is 46.1. The molecule has 0 aromatic heterocycles. The summed E-state index contributed by atoms with van der Waals surface area (Å²) in [5.41, 5.74) is -0.617. The molecule has 2 bridgehead atoms. The molecule has 1 N–H and O–H groups in total. The minimum atomic E-state index is -2.37. The third-order valence-corrected chi connectivity index (χ3v) is 4.95. The fourth-order valence-corrected chi connectivity index (χ4v) is 4.18. The Kier molecular flexibility index (Phi) is 3.23. The number of halogens is 3. The van der Waals surface area contributed by atoms with Crippen LogP contribution in [0.5, 0.6) is 0 Å². The first-order chi connectivity index (χ1) is 7.46. The van der Waals surface area contributed by atoms with Crippen molar-refractivity contribution in [1.29, 1.82) is 0 Å². The van der Waals surface area contributed by atoms with Gasteiger partial charge in [-0.1, -0.05) is 13.8 Å². The fraction of sp³-hybridized carbons (Fsp3) is 1.00. The average Bonchev–Trinajstić information content (AvgIpc) is 2.53. The molecule has 0 aromatic carbocycles. The zero-order valence-electron chi connectivity index (χ0n) is 10.5. The lowest BCUT2D eigenvalue weighted by molar-refractivity contribution is 0.0378. The van der Waals surface area contributed by atoms with E-state index in [1.807, 2.05) is 0 Å². The Hall–Kier alpha value is 0.110. The molecule has 3 rings (SSSR count). The van der Waals surface area contributed by atoms with E-state index < -0.39 is 11.3 Å². The summed E-state index contributed by atoms with van der Waals surface area (Å²) >= 11 is 0. The maximum absolute atomic E-state index is 14.0. The summed E-state index contributed by atoms with van der Waals surface area (Å²) in [7, 11) is 0. The molecule has 3 unspecified atom stereocenters. The molecule has 17 heavy (non-hydrogen) atoms. The van der Waals surface area contributed by atoms with E-state index >= 15 is 0 Å². The predicted molar refractivity (Wildman–Crippen MR) is 66.8 cm³/mol. The Morgan fingerprint density at radius 3 is 2.18 bits per heavy atom. The first kappa shape index (κ1) is 13.5. The van der Waals surface area contributed by atoms with Crippen LogP contribution in [-0.4, -0.2) is 18.0 Å². The van der Waals surface area contributed by atoms with Gasteiger partial charge in [-0.15, -0.1) is 12.4 Å². The lowest BCUT2D eigenvalue weighted by Gasteiger charge is -2.30. The number of fused-ring (bicyclic) bond motifs is 2. The highest BCUT2D eigenvalue weighted by molar-refractivity contribution is 5.85. The van der Waals surface area contributed by atoms with Crippen LogP contribution >= 0.6 is 12.4 Å². The van der Waals surface area contributed by atoms with Gasteiger partial charge in [0.25, 0.3) is 5.92 Å². The van der Waals surface area contributed by atoms with Crippen LogP contribution < -0.4 is 5.32 Å². The van der Waals surface area contributed by atoms with Crippen molar-refractivity contribution in [2.75, 3.05) is 0 Å². The molecule has 2 heterocycles. The summed E-state index contributed by atoms with van der Waals surface area (Å²) in [4.78, 5) is 0. The number of hydrogen-bond donors (Lipinski definition) is 1. The van der Waals surface area contributed by atoms with Crippen LogP contribution in [0.15, 0.2) is 0 Å². The number of piperidine rings is 1. The van der Waals surface area contributed by atoms with Crippen molar-refractivity contribution < 1.29 is 8.78 Å². The van der Waals surface area contributed by atoms with E-state index in [1.165, 1.54) is 0 Å². The Morgan fingerprint density at radius 2 is 1.71 bits per heavy atom. The Labute approximate surface area is 108 Å². The average molecular weight is 266 g/mol. The first-order valence-electron chi connectivity index (χ1n) is 6.59. The standard InChI is InChI=1S/C13H21F2N.ClH/c1-8(2)5-11-12(13(11,14)15)6-9-3-4-10(7-12)16-9;/h8-11,16H,3-7H2,1-2H3;1H. The second kappa shape index (κ2) is 4.06. The van der Waals surface area contributed by atoms with Crippen molar-refractivity contribution in [3.8, 4) is 0 Å². The van der Waals surface area contributed by atoms with E-state index in [4.69, 9.17) is 0 Å². The van der Waals surface area contributed by atoms with Gasteiger partial charge < -0.3 is 5.32 Å². The number of alkyl halides is 2. The third kappa shape index (κ3) is 1.81. The summed E-state index contributed by atoms with van der Waals surface area (Å²) < 4.78 is 28.1. The number of hydrogen-bond acceptors (Lipinski definition) is 1. The van der Waals surface area contributed by atoms with Crippen molar-refractivity contribution >= 4 is 12.4 Å². The Bertz CT molecular complexity index is 294. The molecule has 1 nitrogen and oxygen atoms in total. The predicted octanol–water partition coefficient (Wildman–Crippen LogP) is 3.62. The molecular weight excluding hydrogens is 244 g/mol. The van der Waals surface area contributed by atoms with Crippen LogP contribution in [0.25, 0.3) is 0 Å². The highest BCUT2D eigenvalue weighted by Gasteiger charge is 2.80. The van der Waals surface area contributed by atoms with E-state index in [-0.39, 0.29) is 18.3 Å². The molecule has 2 aliphatic heterocycles. The fourth-order valence-electron chi connectivity index (χ4n) is 4.18. The molecule has 0 aromatic rings. The molecule has 100 valence electrons. The van der Waals surface area contributed by atoms with Crippen molar-refractivity contribution in [3.63, 3.8) is 0 Å². The largest absolute Gasteiger partial charge is 0.311 e. The molecule has 3 aliphatic rings. The molecule has 3 fully saturated rings. The SMILES string of the molecule is CC(C)CC1C(F)(F)C12CC1CCC(C2)N1.Cl. The summed E-state index contributed by atoms with van der Waals surface area (Å²) in [6.07, 6.45) is 4.35. The lowest BCUT2D eigenvalue weighted by atomic mass is 9.85. The van der Waals surface area contributed by atoms with Crippen LogP contribution in [0.1, 0.15) is 46.0 Å². The minimum absolute atomic E-state index is 0. The molecule has 3 atom stereocenters. The summed E-state index contributed by atoms with van der Waals surface area (Å²) in [5, 5.41) is 3.46. The summed E-state index contributed by atoms with van der Waals surface area (Å²) in [6, 6.07) is 0.753. The van der Waals surface area contributed by atoms with E-state index in [2.05, 4.69) is 19.2 Å². The smallest absolute Gasteiger partial charge is 0.257 e. The molecule has 0 radical (unpaired) electrons. The van der Waals surface area contributed by atoms with E-state index in [0.717, 1.165) is 12.8 Å². The van der Waals surface area contributed by atoms with Gasteiger partial charge in [-0.05, 0) is 38.0 Å². The van der Waals surface area contributed by atoms with Gasteiger partial charge in [0.2, 0.25) is 0 Å². The quantitative estimate of drug-likeness (QED) is 0.804. The van der Waals surface area contributed by atoms with Gasteiger partial charge in [-0.3, -0.25) is 0 Å². The number of rotatable bonds is 2. The van der Waals surface area contributed by atoms with Crippen LogP contribution in [0.2, 0.25) is 0 Å². The van der Waals surface area contributed by atoms with E-state index in [9.17, 15) is 8.78 Å². The number of nitrogens with one attached hydrogen (secondary N) is 1. The van der Waals surface area contributed by atoms with Crippen molar-refractivity contribution in [2.45, 2.75) is 64.0 Å². The highest BCUT2D eigenvalue weighted by Crippen LogP contribution is 2.74. The Balaban J connectivity index is 0.00000108. The van der Waals surface area contributed by atoms with Gasteiger partial charge in [-0.2, -0.15) is 0 Å². The van der Waals surface area contributed by atoms with Gasteiger partial charge in [0, 0.05) is 23.4 Å². The van der Waals surface area contributed by atoms with Crippen LogP contribution in [0.4, 0.5) is 8.78 Å². The molecule has 0 amide bonds. The first-order valence-corrected chi connectivity index (χ1v) is 6.59. The van der Waals surface area contributed by atoms with Gasteiger partial charge in [-0.25, -0.2) is 8.78 Å². The van der Waals surface area contributed by atoms with Gasteiger partial charge in [0.15, 0.2) is 0 Å². The summed E-state index contributed by atoms with van der Waals surface area (Å²) in [5.74, 6) is -2.31. The lowest BCUT2D eigenvalue weighted by Crippen LogP contribution is -2.41. The monoisotopic (exact) mass is 265 g/mol. The third-order valence-electron chi connectivity index (χ3n) is 4.95. The molecule has 4 heteroatoms. The van der Waals surface area contributed by atoms with Crippen molar-refractivity contribution in [3.05, 3.63) is 0 Å². The zero-order chi connectivity index (χ0) is 11.6. The molecule has 2 saturated heterocycles. The molecular formula is C13H22ClF2N. The van der Waals surface area contributed by atoms with Crippen LogP contribution in [0, 0.1) is 17.3 Å². The maximum Gasteiger partial charge on any atom is 0.257 e. The van der Waals surface area contributed by atoms with Crippen LogP contribution in [-0.2, 0) is 0 Å².